The minimum absolute atomic E-state index is 0.0324. The van der Waals surface area contributed by atoms with Gasteiger partial charge in [-0.2, -0.15) is 0 Å². The van der Waals surface area contributed by atoms with E-state index in [1.54, 1.807) is 0 Å². The first-order valence-corrected chi connectivity index (χ1v) is 13.8. The number of nitrogens with one attached hydrogen (secondary N) is 1. The zero-order valence-corrected chi connectivity index (χ0v) is 21.6. The normalized spacial score (nSPS) is 24.8. The highest BCUT2D eigenvalue weighted by molar-refractivity contribution is 5.73. The van der Waals surface area contributed by atoms with E-state index in [-0.39, 0.29) is 25.2 Å². The number of carbonyl (C=O) groups is 2. The maximum Gasteiger partial charge on any atom is 0.528 e. The summed E-state index contributed by atoms with van der Waals surface area (Å²) in [5.74, 6) is 0.593. The fourth-order valence-corrected chi connectivity index (χ4v) is 5.78. The maximum absolute atomic E-state index is 12.6. The van der Waals surface area contributed by atoms with Crippen LogP contribution < -0.4 is 5.32 Å². The molecule has 5 rings (SSSR count). The Labute approximate surface area is 223 Å². The zero-order chi connectivity index (χ0) is 26.5. The van der Waals surface area contributed by atoms with Crippen LogP contribution in [0.4, 0.5) is 10.6 Å². The summed E-state index contributed by atoms with van der Waals surface area (Å²) in [5, 5.41) is 23.8. The maximum atomic E-state index is 12.6. The third kappa shape index (κ3) is 6.27. The highest BCUT2D eigenvalue weighted by atomic mass is 16.8. The van der Waals surface area contributed by atoms with Crippen LogP contribution in [0.2, 0.25) is 0 Å². The summed E-state index contributed by atoms with van der Waals surface area (Å²) in [4.78, 5) is 34.9. The summed E-state index contributed by atoms with van der Waals surface area (Å²) in [7, 11) is 0. The van der Waals surface area contributed by atoms with Crippen molar-refractivity contribution in [3.05, 3.63) is 59.3 Å². The lowest BCUT2D eigenvalue weighted by atomic mass is 9.76. The number of aliphatic hydroxyl groups is 1. The number of hydrogen-bond donors (Lipinski definition) is 3. The van der Waals surface area contributed by atoms with Crippen LogP contribution in [0.1, 0.15) is 67.7 Å². The van der Waals surface area contributed by atoms with Crippen molar-refractivity contribution < 1.29 is 29.4 Å². The van der Waals surface area contributed by atoms with Gasteiger partial charge in [0.2, 0.25) is 0 Å². The monoisotopic (exact) mass is 523 g/mol. The van der Waals surface area contributed by atoms with Crippen molar-refractivity contribution in [2.45, 2.75) is 81.9 Å². The minimum Gasteiger partial charge on any atom is -0.480 e. The number of pyridine rings is 1. The van der Waals surface area contributed by atoms with Gasteiger partial charge in [-0.05, 0) is 86.8 Å². The van der Waals surface area contributed by atoms with Crippen LogP contribution >= 0.6 is 0 Å². The van der Waals surface area contributed by atoms with Crippen LogP contribution in [-0.4, -0.2) is 63.7 Å². The van der Waals surface area contributed by atoms with E-state index in [1.807, 2.05) is 18.2 Å². The predicted octanol–water partition coefficient (Wildman–Crippen LogP) is 4.30. The van der Waals surface area contributed by atoms with Crippen LogP contribution in [0.5, 0.6) is 0 Å². The summed E-state index contributed by atoms with van der Waals surface area (Å²) in [6.45, 7) is 0.639. The van der Waals surface area contributed by atoms with Crippen LogP contribution in [0, 0.1) is 5.92 Å². The van der Waals surface area contributed by atoms with Crippen molar-refractivity contribution in [3.8, 4) is 0 Å². The van der Waals surface area contributed by atoms with Gasteiger partial charge in [-0.3, -0.25) is 4.79 Å². The SMILES string of the molecule is O=C(OC1CC(c2ccccc2)C1)ON(C1CC(CCc2ccc3c(n2)NCCC3)C1)[C@@H](CCO)C(=O)O. The summed E-state index contributed by atoms with van der Waals surface area (Å²) in [5.41, 5.74) is 3.54. The van der Waals surface area contributed by atoms with Gasteiger partial charge in [0.15, 0.2) is 0 Å². The van der Waals surface area contributed by atoms with Crippen LogP contribution in [0.15, 0.2) is 42.5 Å². The number of fused-ring (bicyclic) bond motifs is 1. The van der Waals surface area contributed by atoms with Crippen molar-refractivity contribution in [2.75, 3.05) is 18.5 Å². The number of carboxylic acid groups (broad SMARTS) is 1. The van der Waals surface area contributed by atoms with Crippen molar-refractivity contribution in [1.82, 2.24) is 10.0 Å². The van der Waals surface area contributed by atoms with Crippen molar-refractivity contribution >= 4 is 17.9 Å². The molecule has 0 spiro atoms. The molecule has 1 atom stereocenters. The van der Waals surface area contributed by atoms with Gasteiger partial charge in [0.05, 0.1) is 0 Å². The molecule has 2 aromatic rings. The second-order valence-electron chi connectivity index (χ2n) is 10.8. The van der Waals surface area contributed by atoms with E-state index in [2.05, 4.69) is 29.6 Å². The lowest BCUT2D eigenvalue weighted by Gasteiger charge is -2.43. The molecule has 9 nitrogen and oxygen atoms in total. The molecule has 0 saturated heterocycles. The number of anilines is 1. The van der Waals surface area contributed by atoms with Crippen LogP contribution in [0.25, 0.3) is 0 Å². The fraction of sp³-hybridized carbons (Fsp3) is 0.552. The third-order valence-corrected chi connectivity index (χ3v) is 8.13. The van der Waals surface area contributed by atoms with E-state index in [0.29, 0.717) is 24.7 Å². The number of aliphatic carboxylic acids is 1. The molecule has 1 aromatic heterocycles. The summed E-state index contributed by atoms with van der Waals surface area (Å²) >= 11 is 0. The van der Waals surface area contributed by atoms with Gasteiger partial charge < -0.3 is 25.1 Å². The van der Waals surface area contributed by atoms with Gasteiger partial charge in [-0.1, -0.05) is 36.4 Å². The Balaban J connectivity index is 1.12. The van der Waals surface area contributed by atoms with E-state index >= 15 is 0 Å². The number of rotatable bonds is 11. The van der Waals surface area contributed by atoms with Gasteiger partial charge in [-0.25, -0.2) is 9.78 Å². The number of aliphatic hydroxyl groups excluding tert-OH is 1. The van der Waals surface area contributed by atoms with Crippen LogP contribution in [-0.2, 0) is 27.2 Å². The van der Waals surface area contributed by atoms with Gasteiger partial charge in [-0.15, -0.1) is 5.06 Å². The van der Waals surface area contributed by atoms with Crippen molar-refractivity contribution in [2.24, 2.45) is 5.92 Å². The van der Waals surface area contributed by atoms with E-state index in [4.69, 9.17) is 14.6 Å². The first kappa shape index (κ1) is 26.4. The molecule has 0 radical (unpaired) electrons. The van der Waals surface area contributed by atoms with Crippen molar-refractivity contribution in [1.29, 1.82) is 0 Å². The molecule has 0 amide bonds. The second kappa shape index (κ2) is 12.1. The smallest absolute Gasteiger partial charge is 0.480 e. The number of hydroxylamine groups is 2. The quantitative estimate of drug-likeness (QED) is 0.292. The molecule has 9 heteroatoms. The first-order valence-electron chi connectivity index (χ1n) is 13.8. The molecule has 1 aromatic carbocycles. The molecule has 0 unspecified atom stereocenters. The number of carbonyl (C=O) groups excluding carboxylic acids is 1. The molecule has 38 heavy (non-hydrogen) atoms. The Bertz CT molecular complexity index is 1100. The Morgan fingerprint density at radius 2 is 1.89 bits per heavy atom. The fourth-order valence-electron chi connectivity index (χ4n) is 5.78. The summed E-state index contributed by atoms with van der Waals surface area (Å²) in [6.07, 6.45) is 5.68. The predicted molar refractivity (Wildman–Crippen MR) is 141 cm³/mol. The number of benzene rings is 1. The van der Waals surface area contributed by atoms with E-state index in [1.165, 1.54) is 16.2 Å². The number of ether oxygens (including phenoxy) is 1. The lowest BCUT2D eigenvalue weighted by Crippen LogP contribution is -2.54. The summed E-state index contributed by atoms with van der Waals surface area (Å²) in [6, 6.07) is 13.0. The molecular weight excluding hydrogens is 486 g/mol. The molecule has 2 saturated carbocycles. The average Bonchev–Trinajstić information content (AvgIpc) is 2.87. The Morgan fingerprint density at radius 1 is 1.11 bits per heavy atom. The Kier molecular flexibility index (Phi) is 8.44. The molecule has 3 N–H and O–H groups in total. The molecule has 2 heterocycles. The first-order chi connectivity index (χ1) is 18.5. The molecule has 2 aliphatic carbocycles. The highest BCUT2D eigenvalue weighted by Gasteiger charge is 2.43. The lowest BCUT2D eigenvalue weighted by molar-refractivity contribution is -0.217. The molecule has 2 fully saturated rings. The molecular formula is C29H37N3O6. The number of hydrogen-bond acceptors (Lipinski definition) is 8. The number of carboxylic acids is 1. The van der Waals surface area contributed by atoms with Crippen molar-refractivity contribution in [3.63, 3.8) is 0 Å². The Morgan fingerprint density at radius 3 is 2.63 bits per heavy atom. The van der Waals surface area contributed by atoms with Gasteiger partial charge in [0.1, 0.15) is 18.0 Å². The van der Waals surface area contributed by atoms with Gasteiger partial charge in [0, 0.05) is 24.9 Å². The second-order valence-corrected chi connectivity index (χ2v) is 10.8. The average molecular weight is 524 g/mol. The minimum atomic E-state index is -1.13. The molecule has 1 aliphatic heterocycles. The third-order valence-electron chi connectivity index (χ3n) is 8.13. The van der Waals surface area contributed by atoms with E-state index in [9.17, 15) is 19.8 Å². The molecule has 3 aliphatic rings. The summed E-state index contributed by atoms with van der Waals surface area (Å²) < 4.78 is 5.50. The zero-order valence-electron chi connectivity index (χ0n) is 21.6. The molecule has 204 valence electrons. The highest BCUT2D eigenvalue weighted by Crippen LogP contribution is 2.40. The standard InChI is InChI=1S/C29H37N3O6/c33-14-12-26(28(34)35)32(38-29(36)37-25-17-22(18-25)20-5-2-1-3-6-20)24-15-19(16-24)8-10-23-11-9-21-7-4-13-30-27(21)31-23/h1-3,5-6,9,11,19,22,24-26,33H,4,7-8,10,12-18H2,(H,30,31)(H,34,35)/t19?,22?,24?,25?,26-/m0/s1. The van der Waals surface area contributed by atoms with E-state index in [0.717, 1.165) is 56.6 Å². The van der Waals surface area contributed by atoms with Gasteiger partial charge in [0.25, 0.3) is 0 Å². The largest absolute Gasteiger partial charge is 0.528 e. The van der Waals surface area contributed by atoms with Crippen LogP contribution in [0.3, 0.4) is 0 Å². The Hall–Kier alpha value is -3.17. The van der Waals surface area contributed by atoms with E-state index < -0.39 is 18.2 Å². The number of nitrogens with zero attached hydrogens (tertiary/aromatic N) is 2. The molecule has 0 bridgehead atoms. The number of aromatic nitrogens is 1. The van der Waals surface area contributed by atoms with Gasteiger partial charge >= 0.3 is 12.1 Å². The number of aryl methyl sites for hydroxylation is 2. The topological polar surface area (TPSA) is 121 Å².